The van der Waals surface area contributed by atoms with Crippen molar-refractivity contribution in [2.45, 2.75) is 26.7 Å². The number of nitrogens with zero attached hydrogens (tertiary/aromatic N) is 1. The van der Waals surface area contributed by atoms with E-state index in [-0.39, 0.29) is 5.91 Å². The molecule has 0 saturated carbocycles. The maximum Gasteiger partial charge on any atom is 0.257 e. The van der Waals surface area contributed by atoms with Gasteiger partial charge in [-0.15, -0.1) is 0 Å². The Bertz CT molecular complexity index is 480. The SMILES string of the molecule is CCNCC1CCN(C(=O)c2cc(C)ccc2OC)CC1. The number of rotatable bonds is 5. The molecule has 0 radical (unpaired) electrons. The van der Waals surface area contributed by atoms with Gasteiger partial charge >= 0.3 is 0 Å². The summed E-state index contributed by atoms with van der Waals surface area (Å²) < 4.78 is 5.33. The maximum absolute atomic E-state index is 12.7. The van der Waals surface area contributed by atoms with Crippen molar-refractivity contribution < 1.29 is 9.53 Å². The third-order valence-corrected chi connectivity index (χ3v) is 4.17. The molecule has 4 nitrogen and oxygen atoms in total. The van der Waals surface area contributed by atoms with Crippen molar-refractivity contribution in [3.63, 3.8) is 0 Å². The molecule has 0 aromatic heterocycles. The van der Waals surface area contributed by atoms with Gasteiger partial charge in [0.1, 0.15) is 5.75 Å². The van der Waals surface area contributed by atoms with E-state index >= 15 is 0 Å². The Morgan fingerprint density at radius 1 is 1.38 bits per heavy atom. The van der Waals surface area contributed by atoms with Crippen LogP contribution < -0.4 is 10.1 Å². The van der Waals surface area contributed by atoms with E-state index in [4.69, 9.17) is 4.74 Å². The first kappa shape index (κ1) is 15.8. The Morgan fingerprint density at radius 2 is 2.10 bits per heavy atom. The fourth-order valence-electron chi connectivity index (χ4n) is 2.85. The van der Waals surface area contributed by atoms with Gasteiger partial charge < -0.3 is 15.0 Å². The van der Waals surface area contributed by atoms with E-state index in [2.05, 4.69) is 12.2 Å². The van der Waals surface area contributed by atoms with E-state index < -0.39 is 0 Å². The molecule has 1 saturated heterocycles. The van der Waals surface area contributed by atoms with Crippen LogP contribution in [0.3, 0.4) is 0 Å². The fraction of sp³-hybridized carbons (Fsp3) is 0.588. The molecule has 1 aliphatic heterocycles. The van der Waals surface area contributed by atoms with Crippen molar-refractivity contribution in [3.05, 3.63) is 29.3 Å². The van der Waals surface area contributed by atoms with Crippen LogP contribution >= 0.6 is 0 Å². The molecular formula is C17H26N2O2. The summed E-state index contributed by atoms with van der Waals surface area (Å²) in [6.45, 7) is 7.88. The standard InChI is InChI=1S/C17H26N2O2/c1-4-18-12-14-7-9-19(10-8-14)17(20)15-11-13(2)5-6-16(15)21-3/h5-6,11,14,18H,4,7-10,12H2,1-3H3. The van der Waals surface area contributed by atoms with E-state index in [1.807, 2.05) is 30.0 Å². The van der Waals surface area contributed by atoms with Crippen LogP contribution in [0.2, 0.25) is 0 Å². The fourth-order valence-corrected chi connectivity index (χ4v) is 2.85. The number of carbonyl (C=O) groups excluding carboxylic acids is 1. The molecule has 2 rings (SSSR count). The zero-order valence-corrected chi connectivity index (χ0v) is 13.3. The first-order chi connectivity index (χ1) is 10.2. The molecule has 4 heteroatoms. The number of piperidine rings is 1. The number of hydrogen-bond acceptors (Lipinski definition) is 3. The van der Waals surface area contributed by atoms with Crippen molar-refractivity contribution in [2.24, 2.45) is 5.92 Å². The third-order valence-electron chi connectivity index (χ3n) is 4.17. The van der Waals surface area contributed by atoms with Crippen LogP contribution in [0.1, 0.15) is 35.7 Å². The second-order valence-corrected chi connectivity index (χ2v) is 5.75. The minimum Gasteiger partial charge on any atom is -0.496 e. The van der Waals surface area contributed by atoms with Gasteiger partial charge in [-0.2, -0.15) is 0 Å². The zero-order valence-electron chi connectivity index (χ0n) is 13.3. The van der Waals surface area contributed by atoms with Crippen molar-refractivity contribution in [3.8, 4) is 5.75 Å². The monoisotopic (exact) mass is 290 g/mol. The van der Waals surface area contributed by atoms with Gasteiger partial charge in [-0.25, -0.2) is 0 Å². The molecule has 1 N–H and O–H groups in total. The summed E-state index contributed by atoms with van der Waals surface area (Å²) in [5, 5.41) is 3.40. The Balaban J connectivity index is 2.00. The topological polar surface area (TPSA) is 41.6 Å². The van der Waals surface area contributed by atoms with Gasteiger partial charge in [0.15, 0.2) is 0 Å². The molecule has 21 heavy (non-hydrogen) atoms. The van der Waals surface area contributed by atoms with Crippen LogP contribution in [0.5, 0.6) is 5.75 Å². The molecule has 0 unspecified atom stereocenters. The zero-order chi connectivity index (χ0) is 15.2. The maximum atomic E-state index is 12.7. The summed E-state index contributed by atoms with van der Waals surface area (Å²) >= 11 is 0. The number of hydrogen-bond donors (Lipinski definition) is 1. The molecule has 116 valence electrons. The van der Waals surface area contributed by atoms with Crippen LogP contribution in [-0.2, 0) is 0 Å². The van der Waals surface area contributed by atoms with E-state index in [0.717, 1.165) is 44.6 Å². The molecule has 0 spiro atoms. The highest BCUT2D eigenvalue weighted by Gasteiger charge is 2.25. The van der Waals surface area contributed by atoms with Crippen molar-refractivity contribution in [1.29, 1.82) is 0 Å². The normalized spacial score (nSPS) is 16.0. The van der Waals surface area contributed by atoms with E-state index in [1.54, 1.807) is 7.11 Å². The summed E-state index contributed by atoms with van der Waals surface area (Å²) in [6.07, 6.45) is 2.15. The summed E-state index contributed by atoms with van der Waals surface area (Å²) in [5.74, 6) is 1.45. The molecule has 1 heterocycles. The van der Waals surface area contributed by atoms with Crippen LogP contribution in [0.15, 0.2) is 18.2 Å². The first-order valence-corrected chi connectivity index (χ1v) is 7.80. The van der Waals surface area contributed by atoms with Gasteiger partial charge in [0.05, 0.1) is 12.7 Å². The molecule has 0 bridgehead atoms. The Morgan fingerprint density at radius 3 is 2.71 bits per heavy atom. The predicted molar refractivity (Wildman–Crippen MR) is 84.9 cm³/mol. The Kier molecular flexibility index (Phi) is 5.62. The average Bonchev–Trinajstić information content (AvgIpc) is 2.52. The summed E-state index contributed by atoms with van der Waals surface area (Å²) in [6, 6.07) is 5.77. The van der Waals surface area contributed by atoms with Gasteiger partial charge in [-0.1, -0.05) is 18.6 Å². The molecule has 1 aliphatic rings. The lowest BCUT2D eigenvalue weighted by Crippen LogP contribution is -2.40. The largest absolute Gasteiger partial charge is 0.496 e. The number of amides is 1. The lowest BCUT2D eigenvalue weighted by molar-refractivity contribution is 0.0687. The number of benzene rings is 1. The second-order valence-electron chi connectivity index (χ2n) is 5.75. The summed E-state index contributed by atoms with van der Waals surface area (Å²) in [7, 11) is 1.62. The van der Waals surface area contributed by atoms with Gasteiger partial charge in [0.25, 0.3) is 5.91 Å². The van der Waals surface area contributed by atoms with Crippen LogP contribution in [0.25, 0.3) is 0 Å². The summed E-state index contributed by atoms with van der Waals surface area (Å²) in [4.78, 5) is 14.6. The second kappa shape index (κ2) is 7.46. The van der Waals surface area contributed by atoms with Crippen LogP contribution in [0, 0.1) is 12.8 Å². The highest BCUT2D eigenvalue weighted by molar-refractivity contribution is 5.97. The van der Waals surface area contributed by atoms with Crippen molar-refractivity contribution in [2.75, 3.05) is 33.3 Å². The minimum atomic E-state index is 0.0949. The summed E-state index contributed by atoms with van der Waals surface area (Å²) in [5.41, 5.74) is 1.77. The highest BCUT2D eigenvalue weighted by atomic mass is 16.5. The first-order valence-electron chi connectivity index (χ1n) is 7.80. The van der Waals surface area contributed by atoms with E-state index in [1.165, 1.54) is 0 Å². The smallest absolute Gasteiger partial charge is 0.257 e. The predicted octanol–water partition coefficient (Wildman–Crippen LogP) is 2.47. The molecule has 0 aliphatic carbocycles. The Labute approximate surface area is 127 Å². The molecule has 1 fully saturated rings. The average molecular weight is 290 g/mol. The molecule has 0 atom stereocenters. The number of likely N-dealkylation sites (tertiary alicyclic amines) is 1. The number of ether oxygens (including phenoxy) is 1. The van der Waals surface area contributed by atoms with E-state index in [9.17, 15) is 4.79 Å². The van der Waals surface area contributed by atoms with Gasteiger partial charge in [0.2, 0.25) is 0 Å². The molecular weight excluding hydrogens is 264 g/mol. The van der Waals surface area contributed by atoms with Crippen LogP contribution in [0.4, 0.5) is 0 Å². The lowest BCUT2D eigenvalue weighted by atomic mass is 9.96. The number of carbonyl (C=O) groups is 1. The van der Waals surface area contributed by atoms with Crippen molar-refractivity contribution in [1.82, 2.24) is 10.2 Å². The molecule has 1 aromatic carbocycles. The van der Waals surface area contributed by atoms with Gasteiger partial charge in [-0.05, 0) is 50.9 Å². The van der Waals surface area contributed by atoms with Gasteiger partial charge in [0, 0.05) is 13.1 Å². The third kappa shape index (κ3) is 3.97. The van der Waals surface area contributed by atoms with E-state index in [0.29, 0.717) is 17.2 Å². The highest BCUT2D eigenvalue weighted by Crippen LogP contribution is 2.24. The minimum absolute atomic E-state index is 0.0949. The van der Waals surface area contributed by atoms with Crippen molar-refractivity contribution >= 4 is 5.91 Å². The lowest BCUT2D eigenvalue weighted by Gasteiger charge is -2.32. The quantitative estimate of drug-likeness (QED) is 0.906. The number of nitrogens with one attached hydrogen (secondary N) is 1. The van der Waals surface area contributed by atoms with Crippen LogP contribution in [-0.4, -0.2) is 44.1 Å². The number of methoxy groups -OCH3 is 1. The molecule has 1 amide bonds. The number of aryl methyl sites for hydroxylation is 1. The molecule has 1 aromatic rings. The Hall–Kier alpha value is -1.55. The van der Waals surface area contributed by atoms with Gasteiger partial charge in [-0.3, -0.25) is 4.79 Å².